The molecule has 1 fully saturated rings. The number of rotatable bonds is 3. The van der Waals surface area contributed by atoms with Gasteiger partial charge < -0.3 is 10.6 Å². The maximum absolute atomic E-state index is 13.9. The maximum Gasteiger partial charge on any atom is 0.254 e. The summed E-state index contributed by atoms with van der Waals surface area (Å²) >= 11 is 0. The first-order valence-corrected chi connectivity index (χ1v) is 8.63. The second kappa shape index (κ2) is 6.31. The number of benzene rings is 1. The zero-order valence-electron chi connectivity index (χ0n) is 12.3. The highest BCUT2D eigenvalue weighted by Crippen LogP contribution is 2.25. The molecule has 1 amide bonds. The summed E-state index contributed by atoms with van der Waals surface area (Å²) in [6.07, 6.45) is 1.85. The lowest BCUT2D eigenvalue weighted by atomic mass is 9.90. The number of sulfonamides is 1. The molecule has 0 aliphatic carbocycles. The summed E-state index contributed by atoms with van der Waals surface area (Å²) in [5.41, 5.74) is 5.84. The first-order chi connectivity index (χ1) is 10.3. The molecule has 0 aromatic heterocycles. The molecule has 1 saturated heterocycles. The smallest absolute Gasteiger partial charge is 0.254 e. The Morgan fingerprint density at radius 1 is 1.45 bits per heavy atom. The monoisotopic (exact) mass is 329 g/mol. The Balaban J connectivity index is 2.31. The van der Waals surface area contributed by atoms with Crippen molar-refractivity contribution in [3.63, 3.8) is 0 Å². The summed E-state index contributed by atoms with van der Waals surface area (Å²) in [4.78, 5) is 13.6. The highest BCUT2D eigenvalue weighted by Gasteiger charge is 2.31. The number of nitrogens with two attached hydrogens (primary N) is 2. The summed E-state index contributed by atoms with van der Waals surface area (Å²) in [7, 11) is -4.14. The molecule has 1 aliphatic heterocycles. The zero-order valence-corrected chi connectivity index (χ0v) is 13.1. The average molecular weight is 329 g/mol. The Labute approximate surface area is 129 Å². The Bertz CT molecular complexity index is 678. The van der Waals surface area contributed by atoms with E-state index in [-0.39, 0.29) is 23.4 Å². The van der Waals surface area contributed by atoms with Gasteiger partial charge >= 0.3 is 0 Å². The highest BCUT2D eigenvalue weighted by molar-refractivity contribution is 7.89. The number of carbonyl (C=O) groups is 1. The fourth-order valence-corrected chi connectivity index (χ4v) is 3.48. The van der Waals surface area contributed by atoms with Gasteiger partial charge in [0.2, 0.25) is 10.0 Å². The van der Waals surface area contributed by atoms with Crippen LogP contribution in [0.4, 0.5) is 4.39 Å². The highest BCUT2D eigenvalue weighted by atomic mass is 32.2. The van der Waals surface area contributed by atoms with Crippen molar-refractivity contribution in [1.29, 1.82) is 0 Å². The van der Waals surface area contributed by atoms with Gasteiger partial charge in [0.15, 0.2) is 0 Å². The number of primary sulfonamides is 1. The number of hydrogen-bond acceptors (Lipinski definition) is 4. The molecule has 2 rings (SSSR count). The number of carbonyl (C=O) groups excluding carboxylic acids is 1. The maximum atomic E-state index is 13.9. The average Bonchev–Trinajstić information content (AvgIpc) is 2.44. The molecule has 1 aromatic carbocycles. The van der Waals surface area contributed by atoms with Crippen LogP contribution in [-0.4, -0.2) is 38.4 Å². The molecule has 1 heterocycles. The van der Waals surface area contributed by atoms with Crippen molar-refractivity contribution >= 4 is 15.9 Å². The van der Waals surface area contributed by atoms with Crippen LogP contribution in [0.3, 0.4) is 0 Å². The van der Waals surface area contributed by atoms with E-state index in [0.29, 0.717) is 13.1 Å². The molecule has 6 nitrogen and oxygen atoms in total. The van der Waals surface area contributed by atoms with E-state index in [0.717, 1.165) is 25.0 Å². The second-order valence-corrected chi connectivity index (χ2v) is 7.14. The van der Waals surface area contributed by atoms with Gasteiger partial charge in [-0.3, -0.25) is 4.79 Å². The largest absolute Gasteiger partial charge is 0.334 e. The Morgan fingerprint density at radius 3 is 2.68 bits per heavy atom. The molecule has 2 atom stereocenters. The third-order valence-corrected chi connectivity index (χ3v) is 5.05. The van der Waals surface area contributed by atoms with E-state index in [2.05, 4.69) is 0 Å². The van der Waals surface area contributed by atoms with E-state index >= 15 is 0 Å². The molecule has 22 heavy (non-hydrogen) atoms. The number of hydrogen-bond donors (Lipinski definition) is 2. The third kappa shape index (κ3) is 3.29. The van der Waals surface area contributed by atoms with Crippen LogP contribution in [0.5, 0.6) is 0 Å². The van der Waals surface area contributed by atoms with Crippen LogP contribution in [-0.2, 0) is 10.0 Å². The van der Waals surface area contributed by atoms with E-state index in [1.807, 2.05) is 6.92 Å². The second-order valence-electron chi connectivity index (χ2n) is 5.61. The SMILES string of the molecule is C[C@H]1CCCN(C(=O)c2ccc(S(N)(=O)=O)c(F)c2)[C@H]1CN. The molecular weight excluding hydrogens is 309 g/mol. The zero-order chi connectivity index (χ0) is 16.5. The van der Waals surface area contributed by atoms with Gasteiger partial charge in [-0.1, -0.05) is 6.92 Å². The van der Waals surface area contributed by atoms with Gasteiger partial charge in [-0.25, -0.2) is 17.9 Å². The van der Waals surface area contributed by atoms with Crippen LogP contribution in [0.2, 0.25) is 0 Å². The van der Waals surface area contributed by atoms with Gasteiger partial charge in [0, 0.05) is 24.7 Å². The van der Waals surface area contributed by atoms with Crippen molar-refractivity contribution in [1.82, 2.24) is 4.90 Å². The summed E-state index contributed by atoms with van der Waals surface area (Å²) in [5.74, 6) is -1.10. The lowest BCUT2D eigenvalue weighted by Crippen LogP contribution is -2.51. The van der Waals surface area contributed by atoms with E-state index in [1.54, 1.807) is 4.90 Å². The number of piperidine rings is 1. The fraction of sp³-hybridized carbons (Fsp3) is 0.500. The minimum atomic E-state index is -4.14. The van der Waals surface area contributed by atoms with Crippen LogP contribution in [0.15, 0.2) is 23.1 Å². The van der Waals surface area contributed by atoms with Gasteiger partial charge in [0.1, 0.15) is 10.7 Å². The molecule has 0 radical (unpaired) electrons. The van der Waals surface area contributed by atoms with Crippen molar-refractivity contribution in [3.05, 3.63) is 29.6 Å². The van der Waals surface area contributed by atoms with Crippen molar-refractivity contribution in [2.75, 3.05) is 13.1 Å². The molecule has 4 N–H and O–H groups in total. The van der Waals surface area contributed by atoms with Crippen LogP contribution in [0.1, 0.15) is 30.1 Å². The van der Waals surface area contributed by atoms with E-state index in [9.17, 15) is 17.6 Å². The lowest BCUT2D eigenvalue weighted by Gasteiger charge is -2.39. The first-order valence-electron chi connectivity index (χ1n) is 7.09. The van der Waals surface area contributed by atoms with Gasteiger partial charge in [0.05, 0.1) is 0 Å². The van der Waals surface area contributed by atoms with Gasteiger partial charge in [-0.2, -0.15) is 0 Å². The summed E-state index contributed by atoms with van der Waals surface area (Å²) in [5, 5.41) is 4.91. The Morgan fingerprint density at radius 2 is 2.14 bits per heavy atom. The number of halogens is 1. The predicted molar refractivity (Wildman–Crippen MR) is 80.1 cm³/mol. The summed E-state index contributed by atoms with van der Waals surface area (Å²) in [6, 6.07) is 3.11. The minimum absolute atomic E-state index is 0.0949. The van der Waals surface area contributed by atoms with Crippen molar-refractivity contribution in [2.24, 2.45) is 16.8 Å². The predicted octanol–water partition coefficient (Wildman–Crippen LogP) is 0.672. The molecule has 0 spiro atoms. The van der Waals surface area contributed by atoms with Gasteiger partial charge in [-0.05, 0) is 37.0 Å². The minimum Gasteiger partial charge on any atom is -0.334 e. The molecule has 0 saturated carbocycles. The summed E-state index contributed by atoms with van der Waals surface area (Å²) < 4.78 is 36.3. The molecule has 1 aromatic rings. The quantitative estimate of drug-likeness (QED) is 0.850. The van der Waals surface area contributed by atoms with Crippen LogP contribution in [0, 0.1) is 11.7 Å². The molecule has 0 bridgehead atoms. The normalized spacial score (nSPS) is 22.6. The van der Waals surface area contributed by atoms with Crippen LogP contribution < -0.4 is 10.9 Å². The lowest BCUT2D eigenvalue weighted by molar-refractivity contribution is 0.0532. The molecule has 122 valence electrons. The van der Waals surface area contributed by atoms with Crippen LogP contribution >= 0.6 is 0 Å². The topological polar surface area (TPSA) is 106 Å². The van der Waals surface area contributed by atoms with E-state index in [4.69, 9.17) is 10.9 Å². The number of likely N-dealkylation sites (tertiary alicyclic amines) is 1. The molecule has 1 aliphatic rings. The summed E-state index contributed by atoms with van der Waals surface area (Å²) in [6.45, 7) is 2.93. The Kier molecular flexibility index (Phi) is 4.84. The van der Waals surface area contributed by atoms with Crippen molar-refractivity contribution in [2.45, 2.75) is 30.7 Å². The van der Waals surface area contributed by atoms with Crippen LogP contribution in [0.25, 0.3) is 0 Å². The van der Waals surface area contributed by atoms with Crippen molar-refractivity contribution < 1.29 is 17.6 Å². The van der Waals surface area contributed by atoms with E-state index in [1.165, 1.54) is 6.07 Å². The third-order valence-electron chi connectivity index (χ3n) is 4.10. The molecule has 8 heteroatoms. The standard InChI is InChI=1S/C14H20FN3O3S/c1-9-3-2-6-18(12(9)8-16)14(19)10-4-5-13(11(15)7-10)22(17,20)21/h4-5,7,9,12H,2-3,6,8,16H2,1H3,(H2,17,20,21)/t9-,12-/m0/s1. The fourth-order valence-electron chi connectivity index (χ4n) is 2.89. The van der Waals surface area contributed by atoms with Crippen molar-refractivity contribution in [3.8, 4) is 0 Å². The van der Waals surface area contributed by atoms with E-state index < -0.39 is 20.7 Å². The first kappa shape index (κ1) is 16.9. The number of nitrogens with zero attached hydrogens (tertiary/aromatic N) is 1. The molecule has 0 unspecified atom stereocenters. The Hall–Kier alpha value is -1.51. The van der Waals surface area contributed by atoms with Gasteiger partial charge in [0.25, 0.3) is 5.91 Å². The van der Waals surface area contributed by atoms with Gasteiger partial charge in [-0.15, -0.1) is 0 Å². The number of amides is 1. The molecular formula is C14H20FN3O3S.